The van der Waals surface area contributed by atoms with Gasteiger partial charge in [-0.2, -0.15) is 0 Å². The zero-order chi connectivity index (χ0) is 39.2. The predicted molar refractivity (Wildman–Crippen MR) is 240 cm³/mol. The average Bonchev–Trinajstić information content (AvgIpc) is 3.62. The minimum Gasteiger partial charge on any atom is -0.455 e. The summed E-state index contributed by atoms with van der Waals surface area (Å²) < 4.78 is 6.85. The number of benzene rings is 7. The molecular formula is C53H45N3O. The molecule has 0 radical (unpaired) electrons. The van der Waals surface area contributed by atoms with E-state index in [0.717, 1.165) is 61.0 Å². The van der Waals surface area contributed by atoms with Crippen molar-refractivity contribution in [1.29, 1.82) is 5.41 Å². The number of rotatable bonds is 8. The van der Waals surface area contributed by atoms with E-state index in [0.29, 0.717) is 11.4 Å². The molecule has 0 unspecified atom stereocenters. The molecule has 7 aromatic carbocycles. The van der Waals surface area contributed by atoms with E-state index in [1.165, 1.54) is 33.4 Å². The standard InChI is InChI=1S/C53H45N3O/c1-33(2)46-30-41(37-17-10-7-11-18-37)31-47(34(3)4)51(46)56(49-29-35(5)55-48-22-13-12-19-44(48)49)53(54)45-21-14-20-43-42-28-27-40(32-50(42)57-52(43)45)39-25-23-38(24-26-39)36-15-8-6-9-16-36/h6-34,54H,1-5H3. The predicted octanol–water partition coefficient (Wildman–Crippen LogP) is 14.9. The number of hydrogen-bond donors (Lipinski definition) is 1. The number of hydrogen-bond acceptors (Lipinski definition) is 3. The number of para-hydroxylation sites is 2. The summed E-state index contributed by atoms with van der Waals surface area (Å²) in [5, 5.41) is 13.4. The first-order chi connectivity index (χ1) is 27.7. The molecule has 9 aromatic rings. The molecule has 9 rings (SSSR count). The molecule has 0 saturated heterocycles. The van der Waals surface area contributed by atoms with Gasteiger partial charge in [-0.05, 0) is 106 Å². The van der Waals surface area contributed by atoms with Crippen LogP contribution in [0.1, 0.15) is 61.9 Å². The quantitative estimate of drug-likeness (QED) is 0.125. The molecule has 57 heavy (non-hydrogen) atoms. The lowest BCUT2D eigenvalue weighted by Gasteiger charge is -2.33. The average molecular weight is 740 g/mol. The van der Waals surface area contributed by atoms with E-state index in [4.69, 9.17) is 9.40 Å². The van der Waals surface area contributed by atoms with Gasteiger partial charge in [0, 0.05) is 21.9 Å². The molecular weight excluding hydrogens is 695 g/mol. The zero-order valence-electron chi connectivity index (χ0n) is 33.0. The topological polar surface area (TPSA) is 53.1 Å². The first kappa shape index (κ1) is 35.9. The third kappa shape index (κ3) is 6.57. The summed E-state index contributed by atoms with van der Waals surface area (Å²) in [5.41, 5.74) is 15.3. The SMILES string of the molecule is Cc1cc(N(C(=N)c2cccc3c2oc2cc(-c4ccc(-c5ccccc5)cc4)ccc23)c2c(C(C)C)cc(-c3ccccc3)cc2C(C)C)c2ccccc2n1. The molecule has 0 atom stereocenters. The number of pyridine rings is 1. The van der Waals surface area contributed by atoms with Gasteiger partial charge in [-0.3, -0.25) is 15.3 Å². The van der Waals surface area contributed by atoms with E-state index < -0.39 is 0 Å². The minimum absolute atomic E-state index is 0.174. The van der Waals surface area contributed by atoms with E-state index >= 15 is 0 Å². The molecule has 0 bridgehead atoms. The van der Waals surface area contributed by atoms with Gasteiger partial charge in [0.1, 0.15) is 17.0 Å². The van der Waals surface area contributed by atoms with Gasteiger partial charge in [0.15, 0.2) is 0 Å². The van der Waals surface area contributed by atoms with Crippen molar-refractivity contribution in [1.82, 2.24) is 4.98 Å². The fourth-order valence-corrected chi connectivity index (χ4v) is 8.21. The third-order valence-electron chi connectivity index (χ3n) is 11.1. The lowest BCUT2D eigenvalue weighted by Crippen LogP contribution is -2.29. The summed E-state index contributed by atoms with van der Waals surface area (Å²) in [6, 6.07) is 57.5. The summed E-state index contributed by atoms with van der Waals surface area (Å²) in [6.45, 7) is 11.0. The Morgan fingerprint density at radius 1 is 0.526 bits per heavy atom. The van der Waals surface area contributed by atoms with E-state index in [-0.39, 0.29) is 11.8 Å². The van der Waals surface area contributed by atoms with Crippen molar-refractivity contribution < 1.29 is 4.42 Å². The third-order valence-corrected chi connectivity index (χ3v) is 11.1. The second-order valence-corrected chi connectivity index (χ2v) is 15.6. The smallest absolute Gasteiger partial charge is 0.146 e. The molecule has 0 aliphatic carbocycles. The Hall–Kier alpha value is -6.78. The molecule has 2 aromatic heterocycles. The lowest BCUT2D eigenvalue weighted by molar-refractivity contribution is 0.668. The van der Waals surface area contributed by atoms with Gasteiger partial charge < -0.3 is 4.42 Å². The number of anilines is 2. The maximum Gasteiger partial charge on any atom is 0.146 e. The van der Waals surface area contributed by atoms with E-state index in [1.54, 1.807) is 0 Å². The molecule has 0 fully saturated rings. The van der Waals surface area contributed by atoms with E-state index in [1.807, 2.05) is 25.1 Å². The number of furan rings is 1. The molecule has 1 N–H and O–H groups in total. The van der Waals surface area contributed by atoms with Gasteiger partial charge in [-0.1, -0.05) is 149 Å². The molecule has 4 nitrogen and oxygen atoms in total. The monoisotopic (exact) mass is 739 g/mol. The van der Waals surface area contributed by atoms with Crippen molar-refractivity contribution in [3.63, 3.8) is 0 Å². The molecule has 278 valence electrons. The minimum atomic E-state index is 0.174. The number of amidine groups is 1. The van der Waals surface area contributed by atoms with Crippen molar-refractivity contribution >= 4 is 50.1 Å². The van der Waals surface area contributed by atoms with Crippen LogP contribution in [-0.2, 0) is 0 Å². The van der Waals surface area contributed by atoms with Gasteiger partial charge in [0.2, 0.25) is 0 Å². The summed E-state index contributed by atoms with van der Waals surface area (Å²) in [7, 11) is 0. The molecule has 0 spiro atoms. The Balaban J connectivity index is 1.24. The first-order valence-electron chi connectivity index (χ1n) is 19.8. The second kappa shape index (κ2) is 14.7. The van der Waals surface area contributed by atoms with Gasteiger partial charge >= 0.3 is 0 Å². The van der Waals surface area contributed by atoms with E-state index in [9.17, 15) is 5.41 Å². The number of nitrogens with one attached hydrogen (secondary N) is 1. The lowest BCUT2D eigenvalue weighted by atomic mass is 9.87. The normalized spacial score (nSPS) is 11.6. The number of fused-ring (bicyclic) bond motifs is 4. The van der Waals surface area contributed by atoms with Crippen LogP contribution in [0.5, 0.6) is 0 Å². The molecule has 0 aliphatic rings. The van der Waals surface area contributed by atoms with Gasteiger partial charge in [0.25, 0.3) is 0 Å². The molecule has 0 saturated carbocycles. The van der Waals surface area contributed by atoms with Gasteiger partial charge in [0.05, 0.1) is 22.5 Å². The van der Waals surface area contributed by atoms with E-state index in [2.05, 4.69) is 178 Å². The zero-order valence-corrected chi connectivity index (χ0v) is 33.0. The molecule has 0 aliphatic heterocycles. The highest BCUT2D eigenvalue weighted by Gasteiger charge is 2.29. The van der Waals surface area contributed by atoms with Gasteiger partial charge in [-0.25, -0.2) is 0 Å². The van der Waals surface area contributed by atoms with Crippen molar-refractivity contribution in [2.45, 2.75) is 46.5 Å². The van der Waals surface area contributed by atoms with Crippen molar-refractivity contribution in [3.05, 3.63) is 186 Å². The summed E-state index contributed by atoms with van der Waals surface area (Å²) in [5.74, 6) is 0.698. The highest BCUT2D eigenvalue weighted by atomic mass is 16.3. The first-order valence-corrected chi connectivity index (χ1v) is 19.8. The van der Waals surface area contributed by atoms with Crippen LogP contribution in [0.15, 0.2) is 168 Å². The van der Waals surface area contributed by atoms with Crippen LogP contribution in [0.2, 0.25) is 0 Å². The Kier molecular flexibility index (Phi) is 9.26. The summed E-state index contributed by atoms with van der Waals surface area (Å²) in [6.07, 6.45) is 0. The summed E-state index contributed by atoms with van der Waals surface area (Å²) in [4.78, 5) is 7.11. The van der Waals surface area contributed by atoms with Crippen molar-refractivity contribution in [2.75, 3.05) is 4.90 Å². The van der Waals surface area contributed by atoms with Crippen LogP contribution < -0.4 is 4.90 Å². The number of aromatic nitrogens is 1. The van der Waals surface area contributed by atoms with Crippen LogP contribution in [-0.4, -0.2) is 10.8 Å². The van der Waals surface area contributed by atoms with Crippen LogP contribution >= 0.6 is 0 Å². The number of aryl methyl sites for hydroxylation is 1. The van der Waals surface area contributed by atoms with Crippen LogP contribution in [0, 0.1) is 12.3 Å². The number of nitrogens with zero attached hydrogens (tertiary/aromatic N) is 2. The van der Waals surface area contributed by atoms with Crippen molar-refractivity contribution in [2.24, 2.45) is 0 Å². The highest BCUT2D eigenvalue weighted by molar-refractivity contribution is 6.23. The Labute approximate surface area is 334 Å². The largest absolute Gasteiger partial charge is 0.455 e. The Morgan fingerprint density at radius 2 is 1.07 bits per heavy atom. The Morgan fingerprint density at radius 3 is 1.72 bits per heavy atom. The summed E-state index contributed by atoms with van der Waals surface area (Å²) >= 11 is 0. The van der Waals surface area contributed by atoms with Crippen LogP contribution in [0.25, 0.3) is 66.2 Å². The fraction of sp³-hybridized carbons (Fsp3) is 0.132. The molecule has 4 heteroatoms. The molecule has 0 amide bonds. The van der Waals surface area contributed by atoms with Crippen molar-refractivity contribution in [3.8, 4) is 33.4 Å². The Bertz CT molecular complexity index is 2890. The maximum absolute atomic E-state index is 10.4. The maximum atomic E-state index is 10.4. The van der Waals surface area contributed by atoms with Crippen LogP contribution in [0.3, 0.4) is 0 Å². The molecule has 2 heterocycles. The van der Waals surface area contributed by atoms with Gasteiger partial charge in [-0.15, -0.1) is 0 Å². The van der Waals surface area contributed by atoms with Crippen LogP contribution in [0.4, 0.5) is 11.4 Å². The second-order valence-electron chi connectivity index (χ2n) is 15.6. The fourth-order valence-electron chi connectivity index (χ4n) is 8.21. The highest BCUT2D eigenvalue weighted by Crippen LogP contribution is 2.45.